The van der Waals surface area contributed by atoms with Crippen molar-refractivity contribution >= 4 is 27.7 Å². The van der Waals surface area contributed by atoms with Gasteiger partial charge in [0.25, 0.3) is 5.91 Å². The Morgan fingerprint density at radius 1 is 1.05 bits per heavy atom. The highest BCUT2D eigenvalue weighted by Gasteiger charge is 2.35. The molecule has 21 heavy (non-hydrogen) atoms. The van der Waals surface area contributed by atoms with E-state index in [1.807, 2.05) is 4.90 Å². The Bertz CT molecular complexity index is 561. The number of amides is 2. The molecule has 2 fully saturated rings. The Hall–Kier alpha value is -1.43. The van der Waals surface area contributed by atoms with E-state index in [0.717, 1.165) is 12.8 Å². The van der Waals surface area contributed by atoms with Crippen molar-refractivity contribution in [2.45, 2.75) is 12.8 Å². The molecule has 1 aliphatic heterocycles. The molecular formula is C15H16BrFN2O2. The molecule has 0 N–H and O–H groups in total. The molecular weight excluding hydrogens is 339 g/mol. The number of carbonyl (C=O) groups is 2. The molecule has 4 nitrogen and oxygen atoms in total. The number of halogens is 2. The Morgan fingerprint density at radius 2 is 1.67 bits per heavy atom. The van der Waals surface area contributed by atoms with Crippen molar-refractivity contribution in [2.24, 2.45) is 5.92 Å². The monoisotopic (exact) mass is 354 g/mol. The maximum atomic E-state index is 13.4. The van der Waals surface area contributed by atoms with Gasteiger partial charge in [0.1, 0.15) is 5.82 Å². The lowest BCUT2D eigenvalue weighted by molar-refractivity contribution is -0.134. The molecule has 0 spiro atoms. The van der Waals surface area contributed by atoms with Crippen molar-refractivity contribution in [1.82, 2.24) is 9.80 Å². The van der Waals surface area contributed by atoms with Gasteiger partial charge in [-0.15, -0.1) is 0 Å². The first-order valence-corrected chi connectivity index (χ1v) is 7.88. The third-order valence-corrected chi connectivity index (χ3v) is 4.37. The number of piperazine rings is 1. The molecule has 2 aliphatic rings. The highest BCUT2D eigenvalue weighted by Crippen LogP contribution is 2.31. The van der Waals surface area contributed by atoms with Crippen LogP contribution in [0, 0.1) is 11.7 Å². The molecule has 2 amide bonds. The van der Waals surface area contributed by atoms with Gasteiger partial charge in [0.2, 0.25) is 5.91 Å². The van der Waals surface area contributed by atoms with E-state index in [-0.39, 0.29) is 17.7 Å². The second kappa shape index (κ2) is 5.75. The molecule has 1 aromatic rings. The summed E-state index contributed by atoms with van der Waals surface area (Å²) in [4.78, 5) is 27.8. The number of hydrogen-bond donors (Lipinski definition) is 0. The predicted molar refractivity (Wildman–Crippen MR) is 79.3 cm³/mol. The Labute approximate surface area is 131 Å². The fourth-order valence-corrected chi connectivity index (χ4v) is 3.04. The Balaban J connectivity index is 1.63. The molecule has 1 aliphatic carbocycles. The quantitative estimate of drug-likeness (QED) is 0.817. The molecule has 6 heteroatoms. The van der Waals surface area contributed by atoms with Crippen LogP contribution in [0.2, 0.25) is 0 Å². The van der Waals surface area contributed by atoms with Crippen LogP contribution in [0.4, 0.5) is 4.39 Å². The van der Waals surface area contributed by atoms with E-state index in [1.165, 1.54) is 12.1 Å². The molecule has 0 unspecified atom stereocenters. The number of nitrogens with zero attached hydrogens (tertiary/aromatic N) is 2. The van der Waals surface area contributed by atoms with Crippen LogP contribution in [0.1, 0.15) is 23.2 Å². The van der Waals surface area contributed by atoms with Gasteiger partial charge in [0.05, 0.1) is 0 Å². The van der Waals surface area contributed by atoms with Crippen molar-refractivity contribution in [3.05, 3.63) is 34.1 Å². The van der Waals surface area contributed by atoms with Crippen LogP contribution in [0.3, 0.4) is 0 Å². The topological polar surface area (TPSA) is 40.6 Å². The van der Waals surface area contributed by atoms with Gasteiger partial charge in [-0.05, 0) is 31.0 Å². The highest BCUT2D eigenvalue weighted by atomic mass is 79.9. The van der Waals surface area contributed by atoms with Crippen molar-refractivity contribution in [1.29, 1.82) is 0 Å². The fourth-order valence-electron chi connectivity index (χ4n) is 2.58. The molecule has 1 heterocycles. The van der Waals surface area contributed by atoms with Crippen LogP contribution in [-0.2, 0) is 4.79 Å². The molecule has 112 valence electrons. The molecule has 0 radical (unpaired) electrons. The SMILES string of the molecule is O=C(c1cc(F)cc(Br)c1)N1CCN(C(=O)C2CC2)CC1. The highest BCUT2D eigenvalue weighted by molar-refractivity contribution is 9.10. The first-order valence-electron chi connectivity index (χ1n) is 7.09. The third kappa shape index (κ3) is 3.26. The summed E-state index contributed by atoms with van der Waals surface area (Å²) in [7, 11) is 0. The normalized spacial score (nSPS) is 18.8. The van der Waals surface area contributed by atoms with Crippen LogP contribution in [0.5, 0.6) is 0 Å². The van der Waals surface area contributed by atoms with E-state index in [2.05, 4.69) is 15.9 Å². The lowest BCUT2D eigenvalue weighted by Gasteiger charge is -2.35. The van der Waals surface area contributed by atoms with Crippen LogP contribution >= 0.6 is 15.9 Å². The van der Waals surface area contributed by atoms with Gasteiger partial charge < -0.3 is 9.80 Å². The van der Waals surface area contributed by atoms with E-state index in [9.17, 15) is 14.0 Å². The summed E-state index contributed by atoms with van der Waals surface area (Å²) in [5.74, 6) is -0.189. The van der Waals surface area contributed by atoms with Crippen LogP contribution in [0.25, 0.3) is 0 Å². The minimum atomic E-state index is -0.435. The maximum Gasteiger partial charge on any atom is 0.254 e. The summed E-state index contributed by atoms with van der Waals surface area (Å²) >= 11 is 3.19. The van der Waals surface area contributed by atoms with E-state index >= 15 is 0 Å². The predicted octanol–water partition coefficient (Wildman–Crippen LogP) is 2.28. The zero-order valence-corrected chi connectivity index (χ0v) is 13.1. The van der Waals surface area contributed by atoms with Gasteiger partial charge in [-0.1, -0.05) is 15.9 Å². The van der Waals surface area contributed by atoms with Gasteiger partial charge in [-0.2, -0.15) is 0 Å². The summed E-state index contributed by atoms with van der Waals surface area (Å²) in [6.45, 7) is 2.14. The zero-order chi connectivity index (χ0) is 15.0. The van der Waals surface area contributed by atoms with Crippen LogP contribution in [0.15, 0.2) is 22.7 Å². The smallest absolute Gasteiger partial charge is 0.254 e. The van der Waals surface area contributed by atoms with Crippen LogP contribution < -0.4 is 0 Å². The minimum Gasteiger partial charge on any atom is -0.339 e. The zero-order valence-electron chi connectivity index (χ0n) is 11.5. The van der Waals surface area contributed by atoms with Crippen molar-refractivity contribution in [2.75, 3.05) is 26.2 Å². The van der Waals surface area contributed by atoms with E-state index < -0.39 is 5.82 Å². The maximum absolute atomic E-state index is 13.4. The second-order valence-corrected chi connectivity index (χ2v) is 6.47. The fraction of sp³-hybridized carbons (Fsp3) is 0.467. The summed E-state index contributed by atoms with van der Waals surface area (Å²) in [5.41, 5.74) is 0.337. The average molecular weight is 355 g/mol. The van der Waals surface area contributed by atoms with Crippen LogP contribution in [-0.4, -0.2) is 47.8 Å². The molecule has 3 rings (SSSR count). The molecule has 1 saturated carbocycles. The molecule has 1 saturated heterocycles. The van der Waals surface area contributed by atoms with E-state index in [4.69, 9.17) is 0 Å². The van der Waals surface area contributed by atoms with Gasteiger partial charge in [0, 0.05) is 42.1 Å². The Kier molecular flexibility index (Phi) is 3.97. The number of hydrogen-bond acceptors (Lipinski definition) is 2. The lowest BCUT2D eigenvalue weighted by atomic mass is 10.1. The molecule has 0 atom stereocenters. The summed E-state index contributed by atoms with van der Waals surface area (Å²) in [6, 6.07) is 4.19. The largest absolute Gasteiger partial charge is 0.339 e. The van der Waals surface area contributed by atoms with Gasteiger partial charge >= 0.3 is 0 Å². The third-order valence-electron chi connectivity index (χ3n) is 3.91. The van der Waals surface area contributed by atoms with E-state index in [1.54, 1.807) is 11.0 Å². The minimum absolute atomic E-state index is 0.186. The van der Waals surface area contributed by atoms with Gasteiger partial charge in [-0.3, -0.25) is 9.59 Å². The number of benzene rings is 1. The summed E-state index contributed by atoms with van der Waals surface area (Å²) in [5, 5.41) is 0. The molecule has 1 aromatic carbocycles. The van der Waals surface area contributed by atoms with Gasteiger partial charge in [-0.25, -0.2) is 4.39 Å². The first-order chi connectivity index (χ1) is 10.0. The molecule has 0 aromatic heterocycles. The second-order valence-electron chi connectivity index (χ2n) is 5.55. The lowest BCUT2D eigenvalue weighted by Crippen LogP contribution is -2.51. The van der Waals surface area contributed by atoms with E-state index in [0.29, 0.717) is 36.2 Å². The number of carbonyl (C=O) groups excluding carboxylic acids is 2. The van der Waals surface area contributed by atoms with Crippen molar-refractivity contribution in [3.8, 4) is 0 Å². The standard InChI is InChI=1S/C15H16BrFN2O2/c16-12-7-11(8-13(17)9-12)15(21)19-5-3-18(4-6-19)14(20)10-1-2-10/h7-10H,1-6H2. The van der Waals surface area contributed by atoms with Gasteiger partial charge in [0.15, 0.2) is 0 Å². The molecule has 0 bridgehead atoms. The summed E-state index contributed by atoms with van der Waals surface area (Å²) < 4.78 is 13.9. The first kappa shape index (κ1) is 14.5. The van der Waals surface area contributed by atoms with Crippen molar-refractivity contribution in [3.63, 3.8) is 0 Å². The average Bonchev–Trinajstić information content (AvgIpc) is 3.29. The van der Waals surface area contributed by atoms with Crippen molar-refractivity contribution < 1.29 is 14.0 Å². The Morgan fingerprint density at radius 3 is 2.24 bits per heavy atom. The summed E-state index contributed by atoms with van der Waals surface area (Å²) in [6.07, 6.45) is 1.99. The number of rotatable bonds is 2.